The van der Waals surface area contributed by atoms with E-state index in [0.717, 1.165) is 0 Å². The number of aryl methyl sites for hydroxylation is 2. The summed E-state index contributed by atoms with van der Waals surface area (Å²) in [6.45, 7) is 4.31. The quantitative estimate of drug-likeness (QED) is 0.248. The van der Waals surface area contributed by atoms with Gasteiger partial charge in [0.1, 0.15) is 0 Å². The van der Waals surface area contributed by atoms with Crippen molar-refractivity contribution in [1.82, 2.24) is 0 Å². The number of halogens is 1. The van der Waals surface area contributed by atoms with Crippen molar-refractivity contribution in [3.05, 3.63) is 120 Å². The zero-order valence-electron chi connectivity index (χ0n) is 16.2. The molecule has 0 N–H and O–H groups in total. The Balaban J connectivity index is 2.21. The van der Waals surface area contributed by atoms with Crippen LogP contribution in [0.4, 0.5) is 0 Å². The first-order valence-corrected chi connectivity index (χ1v) is 14.5. The van der Waals surface area contributed by atoms with Gasteiger partial charge < -0.3 is 0 Å². The third-order valence-electron chi connectivity index (χ3n) is 5.52. The number of hydrogen-bond donors (Lipinski definition) is 0. The molecule has 4 aromatic carbocycles. The molecule has 0 radical (unpaired) electrons. The molecule has 0 aliphatic heterocycles. The molecule has 0 atom stereocenters. The van der Waals surface area contributed by atoms with Gasteiger partial charge in [-0.25, -0.2) is 0 Å². The predicted octanol–water partition coefficient (Wildman–Crippen LogP) is 5.81. The average molecular weight is 494 g/mol. The molecule has 0 amide bonds. The molecule has 0 heterocycles. The number of benzene rings is 4. The number of hydrogen-bond acceptors (Lipinski definition) is 0. The summed E-state index contributed by atoms with van der Waals surface area (Å²) in [6, 6.07) is 40.4. The van der Waals surface area contributed by atoms with E-state index in [0.29, 0.717) is 0 Å². The number of rotatable bonds is 4. The molecular weight excluding hydrogens is 470 g/mol. The van der Waals surface area contributed by atoms with Gasteiger partial charge in [0.25, 0.3) is 0 Å². The van der Waals surface area contributed by atoms with Gasteiger partial charge in [-0.15, -0.1) is 0 Å². The first-order chi connectivity index (χ1) is 13.5. The van der Waals surface area contributed by atoms with Crippen LogP contribution in [-0.4, -0.2) is 0 Å². The fourth-order valence-corrected chi connectivity index (χ4v) is 12.5. The maximum absolute atomic E-state index is 2.89. The minimum absolute atomic E-state index is 1.29. The summed E-state index contributed by atoms with van der Waals surface area (Å²) in [7, 11) is 0. The molecule has 0 fully saturated rings. The Bertz CT molecular complexity index is 980. The predicted molar refractivity (Wildman–Crippen MR) is 135 cm³/mol. The second-order valence-electron chi connectivity index (χ2n) is 7.35. The molecule has 0 nitrogen and oxygen atoms in total. The van der Waals surface area contributed by atoms with Crippen LogP contribution >= 0.6 is 26.3 Å². The summed E-state index contributed by atoms with van der Waals surface area (Å²) < 4.78 is -2.89. The van der Waals surface area contributed by atoms with E-state index in [1.54, 1.807) is 0 Å². The average Bonchev–Trinajstić information content (AvgIpc) is 2.75. The van der Waals surface area contributed by atoms with E-state index >= 15 is 0 Å². The summed E-state index contributed by atoms with van der Waals surface area (Å²) in [5.74, 6) is 0. The summed E-state index contributed by atoms with van der Waals surface area (Å²) in [5, 5.41) is 5.54. The van der Waals surface area contributed by atoms with E-state index in [9.17, 15) is 0 Å². The van der Waals surface area contributed by atoms with Crippen LogP contribution in [0.15, 0.2) is 109 Å². The van der Waals surface area contributed by atoms with Crippen molar-refractivity contribution in [2.75, 3.05) is 0 Å². The molecule has 28 heavy (non-hydrogen) atoms. The van der Waals surface area contributed by atoms with E-state index in [2.05, 4.69) is 145 Å². The van der Waals surface area contributed by atoms with Crippen molar-refractivity contribution in [2.24, 2.45) is 0 Å². The van der Waals surface area contributed by atoms with Gasteiger partial charge in [0.2, 0.25) is 0 Å². The normalized spacial score (nSPS) is 12.9. The molecule has 4 rings (SSSR count). The fraction of sp³-hybridized carbons (Fsp3) is 0.0769. The third kappa shape index (κ3) is 2.93. The van der Waals surface area contributed by atoms with Crippen LogP contribution in [-0.2, 0) is 0 Å². The maximum atomic E-state index is 2.83. The van der Waals surface area contributed by atoms with Crippen molar-refractivity contribution >= 4 is 47.5 Å². The Hall–Kier alpha value is -1.96. The van der Waals surface area contributed by atoms with Gasteiger partial charge in [-0.2, -0.15) is 0 Å². The summed E-state index contributed by atoms with van der Waals surface area (Å²) >= 11 is 2.83. The van der Waals surface area contributed by atoms with E-state index in [1.807, 2.05) is 0 Å². The molecule has 2 heteroatoms. The molecule has 0 saturated carbocycles. The minimum atomic E-state index is -2.89. The van der Waals surface area contributed by atoms with Crippen LogP contribution in [0.3, 0.4) is 0 Å². The Morgan fingerprint density at radius 3 is 1.04 bits per heavy atom. The monoisotopic (exact) mass is 494 g/mol. The van der Waals surface area contributed by atoms with Crippen molar-refractivity contribution in [3.8, 4) is 0 Å². The third-order valence-corrected chi connectivity index (χ3v) is 17.3. The second-order valence-corrected chi connectivity index (χ2v) is 17.2. The molecule has 0 aliphatic rings. The molecule has 0 aromatic heterocycles. The Labute approximate surface area is 181 Å². The van der Waals surface area contributed by atoms with E-state index in [1.165, 1.54) is 32.3 Å². The zero-order valence-corrected chi connectivity index (χ0v) is 19.3. The van der Waals surface area contributed by atoms with Gasteiger partial charge in [0.05, 0.1) is 0 Å². The topological polar surface area (TPSA) is 0 Å². The van der Waals surface area contributed by atoms with Gasteiger partial charge in [0.15, 0.2) is 0 Å². The summed E-state index contributed by atoms with van der Waals surface area (Å²) in [4.78, 5) is 0. The summed E-state index contributed by atoms with van der Waals surface area (Å²) in [5.41, 5.74) is 2.57. The van der Waals surface area contributed by atoms with Gasteiger partial charge in [-0.05, 0) is 0 Å². The van der Waals surface area contributed by atoms with E-state index < -0.39 is 4.25 Å². The van der Waals surface area contributed by atoms with Gasteiger partial charge in [0, 0.05) is 0 Å². The van der Waals surface area contributed by atoms with Crippen LogP contribution < -0.4 is 21.2 Å². The second kappa shape index (κ2) is 7.46. The van der Waals surface area contributed by atoms with Crippen molar-refractivity contribution in [1.29, 1.82) is 0 Å². The van der Waals surface area contributed by atoms with Crippen molar-refractivity contribution < 1.29 is 0 Å². The molecule has 0 saturated heterocycles. The molecular formula is C26H24IP. The first-order valence-electron chi connectivity index (χ1n) is 9.53. The molecule has 140 valence electrons. The van der Waals surface area contributed by atoms with E-state index in [4.69, 9.17) is 0 Å². The van der Waals surface area contributed by atoms with E-state index in [-0.39, 0.29) is 0 Å². The van der Waals surface area contributed by atoms with Crippen LogP contribution in [0, 0.1) is 13.8 Å². The zero-order chi connectivity index (χ0) is 19.6. The molecule has 0 aliphatic carbocycles. The molecule has 0 spiro atoms. The van der Waals surface area contributed by atoms with Crippen molar-refractivity contribution in [2.45, 2.75) is 13.8 Å². The van der Waals surface area contributed by atoms with Crippen LogP contribution in [0.5, 0.6) is 0 Å². The van der Waals surface area contributed by atoms with Gasteiger partial charge in [-0.3, -0.25) is 0 Å². The van der Waals surface area contributed by atoms with Crippen molar-refractivity contribution in [3.63, 3.8) is 0 Å². The standard InChI is InChI=1S/C26H24IP/c1-21-13-17-25(18-14-21)28(27,23-9-5-3-6-10-23,24-11-7-4-8-12-24)26-19-15-22(2)16-20-26/h3-20H,1-2H3. The first kappa shape index (κ1) is 19.4. The molecule has 0 bridgehead atoms. The van der Waals surface area contributed by atoms with Crippen LogP contribution in [0.1, 0.15) is 11.1 Å². The van der Waals surface area contributed by atoms with Crippen LogP contribution in [0.2, 0.25) is 0 Å². The Kier molecular flexibility index (Phi) is 5.16. The summed E-state index contributed by atoms with van der Waals surface area (Å²) in [6.07, 6.45) is 0. The van der Waals surface area contributed by atoms with Gasteiger partial charge in [-0.1, -0.05) is 0 Å². The fourth-order valence-electron chi connectivity index (χ4n) is 3.96. The Morgan fingerprint density at radius 2 is 0.714 bits per heavy atom. The van der Waals surface area contributed by atoms with Crippen LogP contribution in [0.25, 0.3) is 0 Å². The molecule has 0 unspecified atom stereocenters. The van der Waals surface area contributed by atoms with Gasteiger partial charge >= 0.3 is 182 Å². The SMILES string of the molecule is Cc1ccc(P(I)(c2ccccc2)(c2ccccc2)c2ccc(C)cc2)cc1. The Morgan fingerprint density at radius 1 is 0.429 bits per heavy atom. The molecule has 4 aromatic rings.